The average Bonchev–Trinajstić information content (AvgIpc) is 2.48. The van der Waals surface area contributed by atoms with E-state index in [0.717, 1.165) is 4.68 Å². The van der Waals surface area contributed by atoms with E-state index in [0.29, 0.717) is 13.0 Å². The molecule has 0 aromatic carbocycles. The number of alkyl halides is 3. The summed E-state index contributed by atoms with van der Waals surface area (Å²) in [4.78, 5) is 0. The van der Waals surface area contributed by atoms with Crippen molar-refractivity contribution in [3.63, 3.8) is 0 Å². The SMILES string of the molecule is CCCn1ncc(CNC)c1C(F)(F)F. The topological polar surface area (TPSA) is 29.9 Å². The first-order valence-corrected chi connectivity index (χ1v) is 4.77. The van der Waals surface area contributed by atoms with Crippen LogP contribution in [0.1, 0.15) is 24.6 Å². The van der Waals surface area contributed by atoms with Crippen LogP contribution < -0.4 is 5.32 Å². The van der Waals surface area contributed by atoms with E-state index in [1.54, 1.807) is 7.05 Å². The van der Waals surface area contributed by atoms with E-state index in [2.05, 4.69) is 10.4 Å². The molecule has 0 saturated heterocycles. The molecule has 0 radical (unpaired) electrons. The second-order valence-electron chi connectivity index (χ2n) is 3.27. The Morgan fingerprint density at radius 1 is 1.47 bits per heavy atom. The minimum absolute atomic E-state index is 0.179. The van der Waals surface area contributed by atoms with E-state index < -0.39 is 11.9 Å². The average molecular weight is 221 g/mol. The van der Waals surface area contributed by atoms with Crippen molar-refractivity contribution >= 4 is 0 Å². The van der Waals surface area contributed by atoms with Crippen LogP contribution in [0.5, 0.6) is 0 Å². The number of nitrogens with zero attached hydrogens (tertiary/aromatic N) is 2. The Balaban J connectivity index is 3.08. The van der Waals surface area contributed by atoms with E-state index in [-0.39, 0.29) is 12.1 Å². The van der Waals surface area contributed by atoms with Gasteiger partial charge in [-0.1, -0.05) is 6.92 Å². The fourth-order valence-corrected chi connectivity index (χ4v) is 1.45. The van der Waals surface area contributed by atoms with Gasteiger partial charge < -0.3 is 5.32 Å². The number of hydrogen-bond donors (Lipinski definition) is 1. The van der Waals surface area contributed by atoms with Gasteiger partial charge in [0, 0.05) is 18.7 Å². The molecule has 0 spiro atoms. The summed E-state index contributed by atoms with van der Waals surface area (Å²) in [6.45, 7) is 2.29. The van der Waals surface area contributed by atoms with Gasteiger partial charge in [0.2, 0.25) is 0 Å². The third-order valence-electron chi connectivity index (χ3n) is 1.99. The maximum absolute atomic E-state index is 12.7. The minimum Gasteiger partial charge on any atom is -0.316 e. The predicted octanol–water partition coefficient (Wildman–Crippen LogP) is 2.03. The third kappa shape index (κ3) is 2.71. The normalized spacial score (nSPS) is 12.1. The quantitative estimate of drug-likeness (QED) is 0.843. The monoisotopic (exact) mass is 221 g/mol. The van der Waals surface area contributed by atoms with Crippen LogP contribution in [0.2, 0.25) is 0 Å². The van der Waals surface area contributed by atoms with Gasteiger partial charge in [-0.15, -0.1) is 0 Å². The van der Waals surface area contributed by atoms with Crippen molar-refractivity contribution in [3.8, 4) is 0 Å². The van der Waals surface area contributed by atoms with E-state index in [4.69, 9.17) is 0 Å². The molecule has 0 unspecified atom stereocenters. The summed E-state index contributed by atoms with van der Waals surface area (Å²) in [5, 5.41) is 6.45. The summed E-state index contributed by atoms with van der Waals surface area (Å²) in [7, 11) is 1.61. The van der Waals surface area contributed by atoms with Crippen molar-refractivity contribution < 1.29 is 13.2 Å². The summed E-state index contributed by atoms with van der Waals surface area (Å²) < 4.78 is 39.1. The van der Waals surface area contributed by atoms with Gasteiger partial charge in [0.05, 0.1) is 6.20 Å². The Morgan fingerprint density at radius 2 is 2.13 bits per heavy atom. The van der Waals surface area contributed by atoms with E-state index in [1.807, 2.05) is 6.92 Å². The molecular weight excluding hydrogens is 207 g/mol. The molecule has 0 saturated carbocycles. The highest BCUT2D eigenvalue weighted by Crippen LogP contribution is 2.32. The Morgan fingerprint density at radius 3 is 2.60 bits per heavy atom. The van der Waals surface area contributed by atoms with Crippen LogP contribution in [0.3, 0.4) is 0 Å². The van der Waals surface area contributed by atoms with Gasteiger partial charge in [0.25, 0.3) is 0 Å². The molecule has 0 aliphatic carbocycles. The molecule has 0 fully saturated rings. The molecular formula is C9H14F3N3. The smallest absolute Gasteiger partial charge is 0.316 e. The standard InChI is InChI=1S/C9H14F3N3/c1-3-4-15-8(9(10,11)12)7(5-13-2)6-14-15/h6,13H,3-5H2,1-2H3. The highest BCUT2D eigenvalue weighted by molar-refractivity contribution is 5.20. The van der Waals surface area contributed by atoms with E-state index in [1.165, 1.54) is 6.20 Å². The first-order chi connectivity index (χ1) is 7.00. The number of hydrogen-bond acceptors (Lipinski definition) is 2. The van der Waals surface area contributed by atoms with Gasteiger partial charge in [-0.25, -0.2) is 0 Å². The first kappa shape index (κ1) is 12.0. The Labute approximate surface area is 86.3 Å². The Hall–Kier alpha value is -1.04. The van der Waals surface area contributed by atoms with Crippen molar-refractivity contribution in [3.05, 3.63) is 17.5 Å². The van der Waals surface area contributed by atoms with Crippen molar-refractivity contribution in [2.45, 2.75) is 32.6 Å². The molecule has 6 heteroatoms. The lowest BCUT2D eigenvalue weighted by molar-refractivity contribution is -0.144. The fraction of sp³-hybridized carbons (Fsp3) is 0.667. The fourth-order valence-electron chi connectivity index (χ4n) is 1.45. The van der Waals surface area contributed by atoms with Gasteiger partial charge in [-0.05, 0) is 13.5 Å². The zero-order valence-electron chi connectivity index (χ0n) is 8.73. The van der Waals surface area contributed by atoms with E-state index in [9.17, 15) is 13.2 Å². The molecule has 1 rings (SSSR count). The van der Waals surface area contributed by atoms with Gasteiger partial charge >= 0.3 is 6.18 Å². The summed E-state index contributed by atoms with van der Waals surface area (Å²) in [6.07, 6.45) is -2.43. The molecule has 1 aromatic rings. The maximum Gasteiger partial charge on any atom is 0.433 e. The lowest BCUT2D eigenvalue weighted by atomic mass is 10.2. The van der Waals surface area contributed by atoms with Crippen LogP contribution in [-0.2, 0) is 19.3 Å². The van der Waals surface area contributed by atoms with Crippen LogP contribution >= 0.6 is 0 Å². The van der Waals surface area contributed by atoms with Crippen LogP contribution in [0.15, 0.2) is 6.20 Å². The molecule has 0 amide bonds. The molecule has 0 aliphatic heterocycles. The maximum atomic E-state index is 12.7. The Bertz CT molecular complexity index is 293. The number of rotatable bonds is 4. The summed E-state index contributed by atoms with van der Waals surface area (Å²) in [6, 6.07) is 0. The number of aryl methyl sites for hydroxylation is 1. The second kappa shape index (κ2) is 4.65. The van der Waals surface area contributed by atoms with Crippen molar-refractivity contribution in [1.29, 1.82) is 0 Å². The molecule has 0 bridgehead atoms. The summed E-state index contributed by atoms with van der Waals surface area (Å²) in [5.74, 6) is 0. The molecule has 0 aliphatic rings. The Kier molecular flexibility index (Phi) is 3.73. The van der Waals surface area contributed by atoms with Gasteiger partial charge in [-0.3, -0.25) is 4.68 Å². The van der Waals surface area contributed by atoms with Crippen LogP contribution in [0.4, 0.5) is 13.2 Å². The molecule has 86 valence electrons. The molecule has 0 atom stereocenters. The van der Waals surface area contributed by atoms with Crippen molar-refractivity contribution in [1.82, 2.24) is 15.1 Å². The minimum atomic E-state index is -4.34. The third-order valence-corrected chi connectivity index (χ3v) is 1.99. The largest absolute Gasteiger partial charge is 0.433 e. The van der Waals surface area contributed by atoms with Crippen LogP contribution in [0, 0.1) is 0 Å². The van der Waals surface area contributed by atoms with Crippen molar-refractivity contribution in [2.75, 3.05) is 7.05 Å². The highest BCUT2D eigenvalue weighted by Gasteiger charge is 2.37. The number of aromatic nitrogens is 2. The zero-order valence-corrected chi connectivity index (χ0v) is 8.73. The van der Waals surface area contributed by atoms with Crippen LogP contribution in [-0.4, -0.2) is 16.8 Å². The zero-order chi connectivity index (χ0) is 11.5. The lowest BCUT2D eigenvalue weighted by Gasteiger charge is -2.11. The molecule has 1 N–H and O–H groups in total. The summed E-state index contributed by atoms with van der Waals surface area (Å²) >= 11 is 0. The van der Waals surface area contributed by atoms with Crippen molar-refractivity contribution in [2.24, 2.45) is 0 Å². The molecule has 3 nitrogen and oxygen atoms in total. The molecule has 1 heterocycles. The number of nitrogens with one attached hydrogen (secondary N) is 1. The van der Waals surface area contributed by atoms with E-state index >= 15 is 0 Å². The van der Waals surface area contributed by atoms with Gasteiger partial charge in [-0.2, -0.15) is 18.3 Å². The number of halogens is 3. The molecule has 1 aromatic heterocycles. The second-order valence-corrected chi connectivity index (χ2v) is 3.27. The van der Waals surface area contributed by atoms with Gasteiger partial charge in [0.15, 0.2) is 0 Å². The molecule has 15 heavy (non-hydrogen) atoms. The van der Waals surface area contributed by atoms with Gasteiger partial charge in [0.1, 0.15) is 5.69 Å². The first-order valence-electron chi connectivity index (χ1n) is 4.77. The highest BCUT2D eigenvalue weighted by atomic mass is 19.4. The van der Waals surface area contributed by atoms with Crippen LogP contribution in [0.25, 0.3) is 0 Å². The summed E-state index contributed by atoms with van der Waals surface area (Å²) in [5.41, 5.74) is -0.447. The predicted molar refractivity (Wildman–Crippen MR) is 50.3 cm³/mol. The lowest BCUT2D eigenvalue weighted by Crippen LogP contribution is -2.18.